The van der Waals surface area contributed by atoms with Crippen LogP contribution in [0.1, 0.15) is 19.8 Å². The monoisotopic (exact) mass is 266 g/mol. The van der Waals surface area contributed by atoms with Crippen LogP contribution in [0.4, 0.5) is 5.95 Å². The normalized spacial score (nSPS) is 22.5. The van der Waals surface area contributed by atoms with E-state index in [9.17, 15) is 4.79 Å². The molecule has 1 aliphatic heterocycles. The molecule has 7 nitrogen and oxygen atoms in total. The molecule has 1 aromatic rings. The first-order valence-corrected chi connectivity index (χ1v) is 6.28. The fourth-order valence-electron chi connectivity index (χ4n) is 1.95. The summed E-state index contributed by atoms with van der Waals surface area (Å²) < 4.78 is 5.43. The van der Waals surface area contributed by atoms with E-state index in [1.807, 2.05) is 6.92 Å². The second kappa shape index (κ2) is 5.40. The summed E-state index contributed by atoms with van der Waals surface area (Å²) in [4.78, 5) is 21.3. The first-order valence-electron chi connectivity index (χ1n) is 6.28. The molecule has 1 saturated heterocycles. The van der Waals surface area contributed by atoms with Crippen LogP contribution in [0.2, 0.25) is 0 Å². The predicted octanol–water partition coefficient (Wildman–Crippen LogP) is 0.258. The number of carboxylic acid groups (broad SMARTS) is 1. The molecule has 3 N–H and O–H groups in total. The minimum Gasteiger partial charge on any atom is -0.480 e. The van der Waals surface area contributed by atoms with Crippen LogP contribution in [0.3, 0.4) is 0 Å². The van der Waals surface area contributed by atoms with E-state index < -0.39 is 11.5 Å². The van der Waals surface area contributed by atoms with Crippen molar-refractivity contribution < 1.29 is 14.6 Å². The maximum Gasteiger partial charge on any atom is 0.325 e. The summed E-state index contributed by atoms with van der Waals surface area (Å²) in [7, 11) is 0. The third-order valence-electron chi connectivity index (χ3n) is 3.08. The Labute approximate surface area is 111 Å². The molecule has 19 heavy (non-hydrogen) atoms. The molecule has 0 radical (unpaired) electrons. The van der Waals surface area contributed by atoms with E-state index in [0.29, 0.717) is 31.4 Å². The van der Waals surface area contributed by atoms with Crippen LogP contribution in [-0.4, -0.2) is 46.3 Å². The van der Waals surface area contributed by atoms with Crippen molar-refractivity contribution in [2.24, 2.45) is 5.73 Å². The van der Waals surface area contributed by atoms with Crippen LogP contribution in [0, 0.1) is 0 Å². The number of nitrogens with two attached hydrogens (primary N) is 1. The fourth-order valence-corrected chi connectivity index (χ4v) is 1.95. The van der Waals surface area contributed by atoms with Crippen LogP contribution in [0.25, 0.3) is 0 Å². The zero-order chi connectivity index (χ0) is 13.9. The van der Waals surface area contributed by atoms with Gasteiger partial charge >= 0.3 is 5.97 Å². The van der Waals surface area contributed by atoms with Gasteiger partial charge in [-0.25, -0.2) is 4.98 Å². The highest BCUT2D eigenvalue weighted by atomic mass is 16.5. The number of carbonyl (C=O) groups is 1. The Morgan fingerprint density at radius 1 is 1.68 bits per heavy atom. The van der Waals surface area contributed by atoms with Crippen molar-refractivity contribution >= 4 is 11.9 Å². The number of hydrogen-bond donors (Lipinski definition) is 2. The highest BCUT2D eigenvalue weighted by molar-refractivity contribution is 5.80. The number of hydrogen-bond acceptors (Lipinski definition) is 6. The lowest BCUT2D eigenvalue weighted by Gasteiger charge is -2.20. The summed E-state index contributed by atoms with van der Waals surface area (Å²) in [5.41, 5.74) is 4.60. The summed E-state index contributed by atoms with van der Waals surface area (Å²) in [5, 5.41) is 9.09. The van der Waals surface area contributed by atoms with Crippen molar-refractivity contribution in [2.75, 3.05) is 24.6 Å². The van der Waals surface area contributed by atoms with Crippen molar-refractivity contribution in [3.8, 4) is 5.88 Å². The fraction of sp³-hybridized carbons (Fsp3) is 0.583. The lowest BCUT2D eigenvalue weighted by Crippen LogP contribution is -2.50. The molecule has 1 fully saturated rings. The van der Waals surface area contributed by atoms with Gasteiger partial charge in [-0.3, -0.25) is 4.79 Å². The molecule has 0 saturated carbocycles. The highest BCUT2D eigenvalue weighted by Crippen LogP contribution is 2.23. The predicted molar refractivity (Wildman–Crippen MR) is 69.2 cm³/mol. The molecular formula is C12H18N4O3. The van der Waals surface area contributed by atoms with Crippen LogP contribution in [0.5, 0.6) is 5.88 Å². The number of aliphatic carboxylic acids is 1. The zero-order valence-corrected chi connectivity index (χ0v) is 10.9. The highest BCUT2D eigenvalue weighted by Gasteiger charge is 2.42. The lowest BCUT2D eigenvalue weighted by atomic mass is 10.0. The van der Waals surface area contributed by atoms with E-state index in [2.05, 4.69) is 9.97 Å². The number of aromatic nitrogens is 2. The Balaban J connectivity index is 2.09. The summed E-state index contributed by atoms with van der Waals surface area (Å²) >= 11 is 0. The molecule has 1 aliphatic rings. The van der Waals surface area contributed by atoms with E-state index in [1.165, 1.54) is 0 Å². The third kappa shape index (κ3) is 2.93. The van der Waals surface area contributed by atoms with Gasteiger partial charge in [0.1, 0.15) is 5.54 Å². The molecule has 7 heteroatoms. The smallest absolute Gasteiger partial charge is 0.325 e. The number of carboxylic acids is 1. The number of anilines is 1. The summed E-state index contributed by atoms with van der Waals surface area (Å²) in [5.74, 6) is -0.0349. The molecule has 0 aliphatic carbocycles. The maximum atomic E-state index is 11.1. The van der Waals surface area contributed by atoms with Crippen LogP contribution in [0.15, 0.2) is 12.3 Å². The van der Waals surface area contributed by atoms with Gasteiger partial charge in [-0.2, -0.15) is 4.98 Å². The largest absolute Gasteiger partial charge is 0.480 e. The summed E-state index contributed by atoms with van der Waals surface area (Å²) in [6.45, 7) is 3.34. The first kappa shape index (κ1) is 13.5. The summed E-state index contributed by atoms with van der Waals surface area (Å²) in [6, 6.07) is 1.68. The average molecular weight is 266 g/mol. The van der Waals surface area contributed by atoms with Gasteiger partial charge in [0.25, 0.3) is 0 Å². The maximum absolute atomic E-state index is 11.1. The number of rotatable bonds is 5. The SMILES string of the molecule is CCCOc1ccnc(N2CCC(N)(C(=O)O)C2)n1. The van der Waals surface area contributed by atoms with E-state index in [1.54, 1.807) is 17.2 Å². The molecule has 0 aromatic carbocycles. The van der Waals surface area contributed by atoms with Gasteiger partial charge in [0.05, 0.1) is 6.61 Å². The second-order valence-corrected chi connectivity index (χ2v) is 4.68. The van der Waals surface area contributed by atoms with Crippen LogP contribution in [-0.2, 0) is 4.79 Å². The molecule has 2 rings (SSSR count). The van der Waals surface area contributed by atoms with Gasteiger partial charge in [0, 0.05) is 25.4 Å². The molecule has 1 aromatic heterocycles. The molecular weight excluding hydrogens is 248 g/mol. The van der Waals surface area contributed by atoms with Crippen LogP contribution >= 0.6 is 0 Å². The van der Waals surface area contributed by atoms with Crippen molar-refractivity contribution in [1.29, 1.82) is 0 Å². The Kier molecular flexibility index (Phi) is 3.84. The molecule has 0 bridgehead atoms. The molecule has 2 heterocycles. The number of nitrogens with zero attached hydrogens (tertiary/aromatic N) is 3. The zero-order valence-electron chi connectivity index (χ0n) is 10.9. The van der Waals surface area contributed by atoms with Crippen LogP contribution < -0.4 is 15.4 Å². The standard InChI is InChI=1S/C12H18N4O3/c1-2-7-19-9-3-5-14-11(15-9)16-6-4-12(13,8-16)10(17)18/h3,5H,2,4,6-8,13H2,1H3,(H,17,18). The third-order valence-corrected chi connectivity index (χ3v) is 3.08. The molecule has 1 unspecified atom stereocenters. The van der Waals surface area contributed by atoms with Gasteiger partial charge in [-0.05, 0) is 12.8 Å². The topological polar surface area (TPSA) is 102 Å². The summed E-state index contributed by atoms with van der Waals surface area (Å²) in [6.07, 6.45) is 2.88. The minimum absolute atomic E-state index is 0.208. The van der Waals surface area contributed by atoms with Crippen molar-refractivity contribution in [1.82, 2.24) is 9.97 Å². The molecule has 0 spiro atoms. The van der Waals surface area contributed by atoms with Gasteiger partial charge in [0.15, 0.2) is 0 Å². The van der Waals surface area contributed by atoms with Gasteiger partial charge in [-0.15, -0.1) is 0 Å². The van der Waals surface area contributed by atoms with E-state index in [4.69, 9.17) is 15.6 Å². The number of ether oxygens (including phenoxy) is 1. The van der Waals surface area contributed by atoms with Crippen molar-refractivity contribution in [2.45, 2.75) is 25.3 Å². The van der Waals surface area contributed by atoms with Gasteiger partial charge in [0.2, 0.25) is 11.8 Å². The first-order chi connectivity index (χ1) is 9.05. The van der Waals surface area contributed by atoms with E-state index >= 15 is 0 Å². The Hall–Kier alpha value is -1.89. The van der Waals surface area contributed by atoms with Gasteiger partial charge in [-0.1, -0.05) is 6.92 Å². The van der Waals surface area contributed by atoms with Crippen molar-refractivity contribution in [3.63, 3.8) is 0 Å². The average Bonchev–Trinajstić information content (AvgIpc) is 2.81. The second-order valence-electron chi connectivity index (χ2n) is 4.68. The molecule has 0 amide bonds. The Morgan fingerprint density at radius 3 is 3.11 bits per heavy atom. The Morgan fingerprint density at radius 2 is 2.47 bits per heavy atom. The minimum atomic E-state index is -1.22. The molecule has 104 valence electrons. The van der Waals surface area contributed by atoms with E-state index in [0.717, 1.165) is 6.42 Å². The molecule has 1 atom stereocenters. The van der Waals surface area contributed by atoms with Crippen molar-refractivity contribution in [3.05, 3.63) is 12.3 Å². The Bertz CT molecular complexity index is 468. The lowest BCUT2D eigenvalue weighted by molar-refractivity contribution is -0.142. The van der Waals surface area contributed by atoms with E-state index in [-0.39, 0.29) is 6.54 Å². The quantitative estimate of drug-likeness (QED) is 0.788. The van der Waals surface area contributed by atoms with Gasteiger partial charge < -0.3 is 20.5 Å².